The van der Waals surface area contributed by atoms with Crippen LogP contribution in [-0.2, 0) is 0 Å². The Morgan fingerprint density at radius 1 is 1.07 bits per heavy atom. The van der Waals surface area contributed by atoms with Gasteiger partial charge in [0, 0.05) is 12.4 Å². The number of aromatic nitrogens is 2. The smallest absolute Gasteiger partial charge is 0.214 e. The fourth-order valence-electron chi connectivity index (χ4n) is 1.19. The van der Waals surface area contributed by atoms with Gasteiger partial charge >= 0.3 is 0 Å². The van der Waals surface area contributed by atoms with Gasteiger partial charge in [-0.2, -0.15) is 0 Å². The zero-order valence-corrected chi connectivity index (χ0v) is 8.48. The summed E-state index contributed by atoms with van der Waals surface area (Å²) >= 11 is 5.81. The normalized spacial score (nSPS) is 9.93. The maximum atomic E-state index is 11.9. The van der Waals surface area contributed by atoms with Gasteiger partial charge in [0.15, 0.2) is 0 Å². The maximum absolute atomic E-state index is 11.9. The molecule has 0 amide bonds. The summed E-state index contributed by atoms with van der Waals surface area (Å²) in [5, 5.41) is 0.202. The molecule has 0 saturated carbocycles. The van der Waals surface area contributed by atoms with E-state index in [4.69, 9.17) is 11.6 Å². The molecule has 0 aromatic carbocycles. The van der Waals surface area contributed by atoms with Crippen molar-refractivity contribution in [2.75, 3.05) is 0 Å². The molecule has 0 aliphatic rings. The van der Waals surface area contributed by atoms with Crippen molar-refractivity contribution < 1.29 is 4.79 Å². The van der Waals surface area contributed by atoms with Crippen molar-refractivity contribution in [2.24, 2.45) is 0 Å². The van der Waals surface area contributed by atoms with Crippen molar-refractivity contribution in [3.8, 4) is 0 Å². The van der Waals surface area contributed by atoms with Gasteiger partial charge in [-0.05, 0) is 24.3 Å². The van der Waals surface area contributed by atoms with E-state index < -0.39 is 0 Å². The molecule has 4 heteroatoms. The highest BCUT2D eigenvalue weighted by Gasteiger charge is 2.13. The van der Waals surface area contributed by atoms with Crippen LogP contribution in [-0.4, -0.2) is 15.8 Å². The number of ketones is 1. The van der Waals surface area contributed by atoms with E-state index in [0.29, 0.717) is 11.3 Å². The SMILES string of the molecule is O=C(c1ccccn1)c1cccnc1Cl. The molecule has 0 aliphatic heterocycles. The number of carbonyl (C=O) groups excluding carboxylic acids is 1. The summed E-state index contributed by atoms with van der Waals surface area (Å²) in [7, 11) is 0. The first-order valence-corrected chi connectivity index (χ1v) is 4.73. The molecule has 2 rings (SSSR count). The number of hydrogen-bond donors (Lipinski definition) is 0. The molecule has 0 spiro atoms. The molecule has 2 aromatic rings. The summed E-state index contributed by atoms with van der Waals surface area (Å²) in [6.45, 7) is 0. The van der Waals surface area contributed by atoms with Crippen LogP contribution < -0.4 is 0 Å². The van der Waals surface area contributed by atoms with E-state index in [1.807, 2.05) is 0 Å². The minimum absolute atomic E-state index is 0.202. The summed E-state index contributed by atoms with van der Waals surface area (Å²) in [5.41, 5.74) is 0.741. The highest BCUT2D eigenvalue weighted by atomic mass is 35.5. The van der Waals surface area contributed by atoms with Crippen LogP contribution in [0.15, 0.2) is 42.7 Å². The molecule has 0 atom stereocenters. The number of hydrogen-bond acceptors (Lipinski definition) is 3. The highest BCUT2D eigenvalue weighted by Crippen LogP contribution is 2.15. The zero-order chi connectivity index (χ0) is 10.7. The molecule has 0 fully saturated rings. The number of rotatable bonds is 2. The molecule has 2 heterocycles. The summed E-state index contributed by atoms with van der Waals surface area (Å²) in [6.07, 6.45) is 3.11. The van der Waals surface area contributed by atoms with Crippen LogP contribution in [0.4, 0.5) is 0 Å². The lowest BCUT2D eigenvalue weighted by molar-refractivity contribution is 0.103. The van der Waals surface area contributed by atoms with Gasteiger partial charge in [0.25, 0.3) is 0 Å². The molecule has 0 bridgehead atoms. The first-order chi connectivity index (χ1) is 7.29. The van der Waals surface area contributed by atoms with Gasteiger partial charge in [0.05, 0.1) is 5.56 Å². The molecule has 74 valence electrons. The Hall–Kier alpha value is -1.74. The predicted molar refractivity (Wildman–Crippen MR) is 56.9 cm³/mol. The molecule has 0 aliphatic carbocycles. The van der Waals surface area contributed by atoms with Gasteiger partial charge in [0.1, 0.15) is 10.8 Å². The average Bonchev–Trinajstić information content (AvgIpc) is 2.30. The topological polar surface area (TPSA) is 42.9 Å². The first kappa shape index (κ1) is 9.80. The Bertz CT molecular complexity index is 485. The van der Waals surface area contributed by atoms with Gasteiger partial charge in [-0.15, -0.1) is 0 Å². The number of nitrogens with zero attached hydrogens (tertiary/aromatic N) is 2. The van der Waals surface area contributed by atoms with Crippen LogP contribution in [0, 0.1) is 0 Å². The second-order valence-electron chi connectivity index (χ2n) is 2.89. The molecular formula is C11H7ClN2O. The number of pyridine rings is 2. The van der Waals surface area contributed by atoms with Crippen molar-refractivity contribution >= 4 is 17.4 Å². The average molecular weight is 219 g/mol. The summed E-state index contributed by atoms with van der Waals surface area (Å²) in [4.78, 5) is 19.7. The van der Waals surface area contributed by atoms with Crippen LogP contribution in [0.5, 0.6) is 0 Å². The third-order valence-electron chi connectivity index (χ3n) is 1.90. The first-order valence-electron chi connectivity index (χ1n) is 4.35. The van der Waals surface area contributed by atoms with E-state index in [9.17, 15) is 4.79 Å². The van der Waals surface area contributed by atoms with Gasteiger partial charge in [-0.3, -0.25) is 9.78 Å². The Balaban J connectivity index is 2.42. The minimum Gasteiger partial charge on any atom is -0.287 e. The molecule has 0 saturated heterocycles. The molecule has 3 nitrogen and oxygen atoms in total. The van der Waals surface area contributed by atoms with Crippen LogP contribution >= 0.6 is 11.6 Å². The lowest BCUT2D eigenvalue weighted by atomic mass is 10.1. The van der Waals surface area contributed by atoms with E-state index in [1.165, 1.54) is 6.20 Å². The van der Waals surface area contributed by atoms with E-state index in [0.717, 1.165) is 0 Å². The minimum atomic E-state index is -0.214. The highest BCUT2D eigenvalue weighted by molar-refractivity contribution is 6.33. The van der Waals surface area contributed by atoms with Gasteiger partial charge in [-0.25, -0.2) is 4.98 Å². The second kappa shape index (κ2) is 4.19. The molecule has 0 unspecified atom stereocenters. The van der Waals surface area contributed by atoms with Crippen molar-refractivity contribution in [3.63, 3.8) is 0 Å². The zero-order valence-electron chi connectivity index (χ0n) is 7.72. The van der Waals surface area contributed by atoms with Crippen LogP contribution in [0.3, 0.4) is 0 Å². The fraction of sp³-hybridized carbons (Fsp3) is 0. The second-order valence-corrected chi connectivity index (χ2v) is 3.24. The quantitative estimate of drug-likeness (QED) is 0.574. The molecular weight excluding hydrogens is 212 g/mol. The van der Waals surface area contributed by atoms with Gasteiger partial charge in [0.2, 0.25) is 5.78 Å². The fourth-order valence-corrected chi connectivity index (χ4v) is 1.40. The monoisotopic (exact) mass is 218 g/mol. The van der Waals surface area contributed by atoms with Crippen LogP contribution in [0.2, 0.25) is 5.15 Å². The largest absolute Gasteiger partial charge is 0.287 e. The Labute approximate surface area is 91.8 Å². The van der Waals surface area contributed by atoms with Crippen LogP contribution in [0.1, 0.15) is 16.1 Å². The van der Waals surface area contributed by atoms with Gasteiger partial charge < -0.3 is 0 Å². The van der Waals surface area contributed by atoms with Crippen molar-refractivity contribution in [1.82, 2.24) is 9.97 Å². The Morgan fingerprint density at radius 2 is 1.87 bits per heavy atom. The van der Waals surface area contributed by atoms with Gasteiger partial charge in [-0.1, -0.05) is 17.7 Å². The number of carbonyl (C=O) groups is 1. The van der Waals surface area contributed by atoms with Crippen molar-refractivity contribution in [3.05, 3.63) is 59.1 Å². The number of halogens is 1. The third-order valence-corrected chi connectivity index (χ3v) is 2.20. The standard InChI is InChI=1S/C11H7ClN2O/c12-11-8(4-3-7-14-11)10(15)9-5-1-2-6-13-9/h1-7H. The predicted octanol–water partition coefficient (Wildman–Crippen LogP) is 2.36. The van der Waals surface area contributed by atoms with E-state index in [2.05, 4.69) is 9.97 Å². The van der Waals surface area contributed by atoms with E-state index >= 15 is 0 Å². The summed E-state index contributed by atoms with van der Waals surface area (Å²) in [6, 6.07) is 8.45. The Kier molecular flexibility index (Phi) is 2.74. The maximum Gasteiger partial charge on any atom is 0.214 e. The summed E-state index contributed by atoms with van der Waals surface area (Å²) in [5.74, 6) is -0.214. The van der Waals surface area contributed by atoms with E-state index in [-0.39, 0.29) is 10.9 Å². The molecule has 15 heavy (non-hydrogen) atoms. The lowest BCUT2D eigenvalue weighted by Crippen LogP contribution is -2.04. The summed E-state index contributed by atoms with van der Waals surface area (Å²) < 4.78 is 0. The third kappa shape index (κ3) is 2.02. The molecule has 2 aromatic heterocycles. The molecule has 0 radical (unpaired) electrons. The molecule has 0 N–H and O–H groups in total. The van der Waals surface area contributed by atoms with Crippen LogP contribution in [0.25, 0.3) is 0 Å². The lowest BCUT2D eigenvalue weighted by Gasteiger charge is -2.00. The van der Waals surface area contributed by atoms with E-state index in [1.54, 1.807) is 36.5 Å². The Morgan fingerprint density at radius 3 is 2.53 bits per heavy atom. The van der Waals surface area contributed by atoms with Crippen molar-refractivity contribution in [1.29, 1.82) is 0 Å². The van der Waals surface area contributed by atoms with Crippen molar-refractivity contribution in [2.45, 2.75) is 0 Å².